The summed E-state index contributed by atoms with van der Waals surface area (Å²) in [5.41, 5.74) is 2.64. The minimum atomic E-state index is -0.317. The lowest BCUT2D eigenvalue weighted by Crippen LogP contribution is -2.30. The largest absolute Gasteiger partial charge is 0.339 e. The van der Waals surface area contributed by atoms with Crippen LogP contribution in [0.1, 0.15) is 29.8 Å². The van der Waals surface area contributed by atoms with Crippen molar-refractivity contribution in [3.63, 3.8) is 0 Å². The number of hydrogen-bond donors (Lipinski definition) is 2. The maximum absolute atomic E-state index is 12.3. The van der Waals surface area contributed by atoms with E-state index in [1.54, 1.807) is 23.2 Å². The van der Waals surface area contributed by atoms with Crippen molar-refractivity contribution in [3.8, 4) is 10.4 Å². The van der Waals surface area contributed by atoms with Gasteiger partial charge in [-0.05, 0) is 37.1 Å². The van der Waals surface area contributed by atoms with Gasteiger partial charge in [-0.1, -0.05) is 53.8 Å². The number of anilines is 1. The maximum Gasteiger partial charge on any atom is 0.321 e. The molecule has 0 saturated heterocycles. The van der Waals surface area contributed by atoms with Gasteiger partial charge < -0.3 is 10.2 Å². The zero-order valence-corrected chi connectivity index (χ0v) is 17.3. The molecule has 0 aliphatic rings. The fourth-order valence-corrected chi connectivity index (χ4v) is 3.67. The summed E-state index contributed by atoms with van der Waals surface area (Å²) in [6.45, 7) is 5.65. The van der Waals surface area contributed by atoms with E-state index in [0.29, 0.717) is 30.3 Å². The predicted octanol–water partition coefficient (Wildman–Crippen LogP) is 4.61. The number of amides is 3. The van der Waals surface area contributed by atoms with Crippen LogP contribution in [0.3, 0.4) is 0 Å². The van der Waals surface area contributed by atoms with E-state index in [2.05, 4.69) is 15.6 Å². The van der Waals surface area contributed by atoms with Crippen LogP contribution in [0.4, 0.5) is 9.93 Å². The molecule has 6 nitrogen and oxygen atoms in total. The number of carbonyl (C=O) groups is 2. The molecule has 0 spiro atoms. The van der Waals surface area contributed by atoms with E-state index in [1.165, 1.54) is 11.3 Å². The number of carbonyl (C=O) groups excluding carboxylic acids is 2. The highest BCUT2D eigenvalue weighted by Gasteiger charge is 2.12. The molecule has 2 aromatic carbocycles. The van der Waals surface area contributed by atoms with Gasteiger partial charge in [0.1, 0.15) is 0 Å². The van der Waals surface area contributed by atoms with Gasteiger partial charge in [-0.15, -0.1) is 0 Å². The van der Waals surface area contributed by atoms with Gasteiger partial charge in [-0.3, -0.25) is 10.1 Å². The summed E-state index contributed by atoms with van der Waals surface area (Å²) in [4.78, 5) is 31.5. The van der Waals surface area contributed by atoms with Gasteiger partial charge in [-0.25, -0.2) is 9.78 Å². The van der Waals surface area contributed by atoms with Gasteiger partial charge in [0, 0.05) is 31.4 Å². The Bertz CT molecular complexity index is 950. The number of benzene rings is 2. The van der Waals surface area contributed by atoms with Crippen molar-refractivity contribution < 1.29 is 9.59 Å². The van der Waals surface area contributed by atoms with Crippen LogP contribution in [-0.2, 0) is 6.54 Å². The van der Waals surface area contributed by atoms with Crippen molar-refractivity contribution in [1.29, 1.82) is 0 Å². The Kier molecular flexibility index (Phi) is 6.97. The lowest BCUT2D eigenvalue weighted by molar-refractivity contribution is 0.0773. The van der Waals surface area contributed by atoms with Crippen LogP contribution in [0.5, 0.6) is 0 Å². The molecule has 29 heavy (non-hydrogen) atoms. The van der Waals surface area contributed by atoms with E-state index in [-0.39, 0.29) is 11.9 Å². The molecule has 0 atom stereocenters. The third-order valence-electron chi connectivity index (χ3n) is 4.49. The zero-order valence-electron chi connectivity index (χ0n) is 16.5. The van der Waals surface area contributed by atoms with E-state index in [0.717, 1.165) is 16.0 Å². The van der Waals surface area contributed by atoms with Crippen molar-refractivity contribution in [1.82, 2.24) is 15.2 Å². The van der Waals surface area contributed by atoms with Gasteiger partial charge in [0.15, 0.2) is 5.13 Å². The fourth-order valence-electron chi connectivity index (χ4n) is 2.85. The molecule has 2 N–H and O–H groups in total. The molecule has 3 aromatic rings. The molecule has 7 heteroatoms. The molecule has 0 fully saturated rings. The summed E-state index contributed by atoms with van der Waals surface area (Å²) >= 11 is 1.42. The topological polar surface area (TPSA) is 74.3 Å². The molecule has 3 amide bonds. The number of rotatable bonds is 7. The molecule has 150 valence electrons. The second-order valence-corrected chi connectivity index (χ2v) is 7.41. The van der Waals surface area contributed by atoms with Crippen molar-refractivity contribution in [2.75, 3.05) is 18.4 Å². The Balaban J connectivity index is 1.52. The number of nitrogens with one attached hydrogen (secondary N) is 2. The number of aromatic nitrogens is 1. The minimum Gasteiger partial charge on any atom is -0.339 e. The highest BCUT2D eigenvalue weighted by atomic mass is 32.1. The third-order valence-corrected chi connectivity index (χ3v) is 5.45. The number of thiazole rings is 1. The Morgan fingerprint density at radius 3 is 2.34 bits per heavy atom. The standard InChI is InChI=1S/C22H24N4O2S/c1-3-26(4-2)20(27)18-12-10-16(11-13-18)14-23-21(28)25-22-24-15-19(29-22)17-8-6-5-7-9-17/h5-13,15H,3-4,14H2,1-2H3,(H2,23,24,25,28). The van der Waals surface area contributed by atoms with Gasteiger partial charge in [0.25, 0.3) is 5.91 Å². The van der Waals surface area contributed by atoms with Gasteiger partial charge in [0.2, 0.25) is 0 Å². The summed E-state index contributed by atoms with van der Waals surface area (Å²) in [6.07, 6.45) is 1.75. The van der Waals surface area contributed by atoms with Crippen LogP contribution < -0.4 is 10.6 Å². The highest BCUT2D eigenvalue weighted by Crippen LogP contribution is 2.28. The minimum absolute atomic E-state index is 0.0187. The molecule has 0 aliphatic carbocycles. The Morgan fingerprint density at radius 1 is 1.00 bits per heavy atom. The quantitative estimate of drug-likeness (QED) is 0.599. The molecule has 0 saturated carbocycles. The number of hydrogen-bond acceptors (Lipinski definition) is 4. The zero-order chi connectivity index (χ0) is 20.6. The lowest BCUT2D eigenvalue weighted by atomic mass is 10.1. The van der Waals surface area contributed by atoms with E-state index < -0.39 is 0 Å². The second-order valence-electron chi connectivity index (χ2n) is 6.38. The monoisotopic (exact) mass is 408 g/mol. The molecule has 0 bridgehead atoms. The van der Waals surface area contributed by atoms with Crippen LogP contribution in [0.25, 0.3) is 10.4 Å². The van der Waals surface area contributed by atoms with E-state index in [4.69, 9.17) is 0 Å². The van der Waals surface area contributed by atoms with E-state index >= 15 is 0 Å². The van der Waals surface area contributed by atoms with Crippen molar-refractivity contribution in [3.05, 3.63) is 71.9 Å². The molecule has 0 unspecified atom stereocenters. The Labute approximate surface area is 174 Å². The second kappa shape index (κ2) is 9.84. The number of nitrogens with zero attached hydrogens (tertiary/aromatic N) is 2. The SMILES string of the molecule is CCN(CC)C(=O)c1ccc(CNC(=O)Nc2ncc(-c3ccccc3)s2)cc1. The summed E-state index contributed by atoms with van der Waals surface area (Å²) in [5.74, 6) is 0.0187. The fraction of sp³-hybridized carbons (Fsp3) is 0.227. The molecule has 1 aromatic heterocycles. The third kappa shape index (κ3) is 5.42. The first-order valence-electron chi connectivity index (χ1n) is 9.55. The van der Waals surface area contributed by atoms with E-state index in [9.17, 15) is 9.59 Å². The maximum atomic E-state index is 12.3. The van der Waals surface area contributed by atoms with Crippen molar-refractivity contribution in [2.45, 2.75) is 20.4 Å². The van der Waals surface area contributed by atoms with Gasteiger partial charge >= 0.3 is 6.03 Å². The van der Waals surface area contributed by atoms with Crippen LogP contribution in [0, 0.1) is 0 Å². The summed E-state index contributed by atoms with van der Waals surface area (Å²) in [7, 11) is 0. The first kappa shape index (κ1) is 20.5. The van der Waals surface area contributed by atoms with Gasteiger partial charge in [-0.2, -0.15) is 0 Å². The normalized spacial score (nSPS) is 10.4. The molecule has 0 aliphatic heterocycles. The Hall–Kier alpha value is -3.19. The smallest absolute Gasteiger partial charge is 0.321 e. The van der Waals surface area contributed by atoms with Crippen LogP contribution in [-0.4, -0.2) is 34.9 Å². The average Bonchev–Trinajstić information content (AvgIpc) is 3.22. The van der Waals surface area contributed by atoms with Gasteiger partial charge in [0.05, 0.1) is 4.88 Å². The molecule has 1 heterocycles. The highest BCUT2D eigenvalue weighted by molar-refractivity contribution is 7.19. The average molecular weight is 409 g/mol. The van der Waals surface area contributed by atoms with E-state index in [1.807, 2.05) is 56.3 Å². The summed E-state index contributed by atoms with van der Waals surface area (Å²) < 4.78 is 0. The van der Waals surface area contributed by atoms with Crippen LogP contribution >= 0.6 is 11.3 Å². The van der Waals surface area contributed by atoms with Crippen molar-refractivity contribution in [2.24, 2.45) is 0 Å². The molecule has 3 rings (SSSR count). The first-order chi connectivity index (χ1) is 14.1. The summed E-state index contributed by atoms with van der Waals surface area (Å²) in [6, 6.07) is 16.9. The molecular formula is C22H24N4O2S. The first-order valence-corrected chi connectivity index (χ1v) is 10.4. The van der Waals surface area contributed by atoms with Crippen molar-refractivity contribution >= 4 is 28.4 Å². The number of urea groups is 1. The van der Waals surface area contributed by atoms with Crippen LogP contribution in [0.2, 0.25) is 0 Å². The van der Waals surface area contributed by atoms with Crippen LogP contribution in [0.15, 0.2) is 60.8 Å². The summed E-state index contributed by atoms with van der Waals surface area (Å²) in [5, 5.41) is 6.11. The predicted molar refractivity (Wildman–Crippen MR) is 117 cm³/mol. The Morgan fingerprint density at radius 2 is 1.69 bits per heavy atom. The molecular weight excluding hydrogens is 384 g/mol. The molecule has 0 radical (unpaired) electrons. The lowest BCUT2D eigenvalue weighted by Gasteiger charge is -2.18.